The number of hydrogen-bond donors (Lipinski definition) is 2. The molecule has 0 bridgehead atoms. The predicted octanol–water partition coefficient (Wildman–Crippen LogP) is 3.97. The van der Waals surface area contributed by atoms with Gasteiger partial charge in [0.15, 0.2) is 0 Å². The highest BCUT2D eigenvalue weighted by Gasteiger charge is 2.28. The predicted molar refractivity (Wildman–Crippen MR) is 78.6 cm³/mol. The Bertz CT molecular complexity index is 394. The zero-order chi connectivity index (χ0) is 12.4. The molecule has 0 aliphatic heterocycles. The number of hydrogen-bond acceptors (Lipinski definition) is 2. The first-order valence-corrected chi connectivity index (χ1v) is 6.74. The number of rotatable bonds is 3. The molecule has 0 aromatic heterocycles. The molecule has 1 aliphatic carbocycles. The average Bonchev–Trinajstić information content (AvgIpc) is 2.84. The maximum atomic E-state index is 10.2. The SMILES string of the molecule is Cl.N[C@H](c1ccc(Cl)c(Cl)c1)[C@@H](O)C1CCCC1. The Morgan fingerprint density at radius 3 is 2.33 bits per heavy atom. The van der Waals surface area contributed by atoms with Crippen LogP contribution in [0.4, 0.5) is 0 Å². The van der Waals surface area contributed by atoms with Crippen molar-refractivity contribution in [3.8, 4) is 0 Å². The summed E-state index contributed by atoms with van der Waals surface area (Å²) in [5, 5.41) is 11.2. The fourth-order valence-corrected chi connectivity index (χ4v) is 2.82. The summed E-state index contributed by atoms with van der Waals surface area (Å²) in [6.45, 7) is 0. The molecule has 18 heavy (non-hydrogen) atoms. The highest BCUT2D eigenvalue weighted by atomic mass is 35.5. The first-order chi connectivity index (χ1) is 8.09. The lowest BCUT2D eigenvalue weighted by atomic mass is 9.91. The zero-order valence-corrected chi connectivity index (χ0v) is 12.3. The largest absolute Gasteiger partial charge is 0.391 e. The minimum absolute atomic E-state index is 0. The van der Waals surface area contributed by atoms with Gasteiger partial charge in [0.25, 0.3) is 0 Å². The molecular weight excluding hydrogens is 293 g/mol. The molecule has 2 rings (SSSR count). The Balaban J connectivity index is 0.00000162. The van der Waals surface area contributed by atoms with Crippen LogP contribution in [0.15, 0.2) is 18.2 Å². The lowest BCUT2D eigenvalue weighted by Crippen LogP contribution is -2.31. The lowest BCUT2D eigenvalue weighted by molar-refractivity contribution is 0.0845. The second kappa shape index (κ2) is 6.97. The van der Waals surface area contributed by atoms with Gasteiger partial charge in [0, 0.05) is 0 Å². The summed E-state index contributed by atoms with van der Waals surface area (Å²) in [5.41, 5.74) is 6.93. The summed E-state index contributed by atoms with van der Waals surface area (Å²) in [6, 6.07) is 4.91. The van der Waals surface area contributed by atoms with Crippen LogP contribution in [0.2, 0.25) is 10.0 Å². The van der Waals surface area contributed by atoms with Gasteiger partial charge in [0.2, 0.25) is 0 Å². The fourth-order valence-electron chi connectivity index (χ4n) is 2.51. The minimum atomic E-state index is -0.491. The van der Waals surface area contributed by atoms with Crippen molar-refractivity contribution >= 4 is 35.6 Å². The van der Waals surface area contributed by atoms with Crippen molar-refractivity contribution in [3.63, 3.8) is 0 Å². The normalized spacial score (nSPS) is 19.3. The molecule has 5 heteroatoms. The first kappa shape index (κ1) is 16.1. The Morgan fingerprint density at radius 2 is 1.78 bits per heavy atom. The molecule has 0 heterocycles. The zero-order valence-electron chi connectivity index (χ0n) is 9.98. The number of aliphatic hydroxyl groups is 1. The van der Waals surface area contributed by atoms with Gasteiger partial charge in [-0.2, -0.15) is 0 Å². The van der Waals surface area contributed by atoms with E-state index in [1.807, 2.05) is 6.07 Å². The molecular formula is C13H18Cl3NO. The van der Waals surface area contributed by atoms with Gasteiger partial charge in [0.1, 0.15) is 0 Å². The van der Waals surface area contributed by atoms with Crippen LogP contribution in [0.3, 0.4) is 0 Å². The van der Waals surface area contributed by atoms with E-state index in [0.29, 0.717) is 16.0 Å². The van der Waals surface area contributed by atoms with E-state index in [1.165, 1.54) is 12.8 Å². The van der Waals surface area contributed by atoms with E-state index >= 15 is 0 Å². The maximum absolute atomic E-state index is 10.2. The Hall–Kier alpha value is 0.01000. The second-order valence-electron chi connectivity index (χ2n) is 4.73. The fraction of sp³-hybridized carbons (Fsp3) is 0.538. The number of nitrogens with two attached hydrogens (primary N) is 1. The summed E-state index contributed by atoms with van der Waals surface area (Å²) < 4.78 is 0. The van der Waals surface area contributed by atoms with Crippen molar-refractivity contribution < 1.29 is 5.11 Å². The Labute approximate surface area is 124 Å². The molecule has 1 aliphatic rings. The summed E-state index contributed by atoms with van der Waals surface area (Å²) >= 11 is 11.8. The molecule has 3 N–H and O–H groups in total. The molecule has 0 amide bonds. The number of aliphatic hydroxyl groups excluding tert-OH is 1. The molecule has 1 fully saturated rings. The molecule has 102 valence electrons. The van der Waals surface area contributed by atoms with Gasteiger partial charge < -0.3 is 10.8 Å². The maximum Gasteiger partial charge on any atom is 0.0760 e. The van der Waals surface area contributed by atoms with E-state index in [0.717, 1.165) is 18.4 Å². The van der Waals surface area contributed by atoms with Crippen LogP contribution in [0.5, 0.6) is 0 Å². The van der Waals surface area contributed by atoms with Gasteiger partial charge in [-0.25, -0.2) is 0 Å². The van der Waals surface area contributed by atoms with Crippen LogP contribution in [-0.2, 0) is 0 Å². The molecule has 0 radical (unpaired) electrons. The average molecular weight is 311 g/mol. The number of benzene rings is 1. The smallest absolute Gasteiger partial charge is 0.0760 e. The number of halogens is 3. The van der Waals surface area contributed by atoms with Gasteiger partial charge in [-0.15, -0.1) is 12.4 Å². The molecule has 0 saturated heterocycles. The van der Waals surface area contributed by atoms with E-state index in [-0.39, 0.29) is 18.4 Å². The quantitative estimate of drug-likeness (QED) is 0.887. The van der Waals surface area contributed by atoms with Crippen LogP contribution in [0.25, 0.3) is 0 Å². The summed E-state index contributed by atoms with van der Waals surface area (Å²) in [7, 11) is 0. The topological polar surface area (TPSA) is 46.2 Å². The highest BCUT2D eigenvalue weighted by molar-refractivity contribution is 6.42. The Kier molecular flexibility index (Phi) is 6.22. The standard InChI is InChI=1S/C13H17Cl2NO.ClH/c14-10-6-5-9(7-11(10)15)12(16)13(17)8-3-1-2-4-8;/h5-8,12-13,17H,1-4,16H2;1H/t12-,13+;/m1./s1. The molecule has 0 spiro atoms. The van der Waals surface area contributed by atoms with Crippen LogP contribution in [0.1, 0.15) is 37.3 Å². The van der Waals surface area contributed by atoms with Gasteiger partial charge in [-0.3, -0.25) is 0 Å². The third-order valence-electron chi connectivity index (χ3n) is 3.58. The molecule has 2 nitrogen and oxygen atoms in total. The molecule has 1 saturated carbocycles. The van der Waals surface area contributed by atoms with E-state index in [2.05, 4.69) is 0 Å². The van der Waals surface area contributed by atoms with E-state index < -0.39 is 6.10 Å². The third-order valence-corrected chi connectivity index (χ3v) is 4.32. The van der Waals surface area contributed by atoms with Crippen molar-refractivity contribution in [3.05, 3.63) is 33.8 Å². The van der Waals surface area contributed by atoms with Crippen LogP contribution in [-0.4, -0.2) is 11.2 Å². The first-order valence-electron chi connectivity index (χ1n) is 5.98. The van der Waals surface area contributed by atoms with Crippen LogP contribution in [0, 0.1) is 5.92 Å². The summed E-state index contributed by atoms with van der Waals surface area (Å²) in [4.78, 5) is 0. The molecule has 0 unspecified atom stereocenters. The van der Waals surface area contributed by atoms with E-state index in [4.69, 9.17) is 28.9 Å². The highest BCUT2D eigenvalue weighted by Crippen LogP contribution is 2.33. The van der Waals surface area contributed by atoms with Crippen LogP contribution < -0.4 is 5.73 Å². The van der Waals surface area contributed by atoms with Crippen molar-refractivity contribution in [1.82, 2.24) is 0 Å². The van der Waals surface area contributed by atoms with Gasteiger partial charge >= 0.3 is 0 Å². The monoisotopic (exact) mass is 309 g/mol. The van der Waals surface area contributed by atoms with Crippen molar-refractivity contribution in [2.75, 3.05) is 0 Å². The summed E-state index contributed by atoms with van der Waals surface area (Å²) in [5.74, 6) is 0.319. The van der Waals surface area contributed by atoms with E-state index in [9.17, 15) is 5.11 Å². The Morgan fingerprint density at radius 1 is 1.17 bits per heavy atom. The molecule has 1 aromatic carbocycles. The third kappa shape index (κ3) is 3.52. The second-order valence-corrected chi connectivity index (χ2v) is 5.55. The van der Waals surface area contributed by atoms with Gasteiger partial charge in [-0.1, -0.05) is 42.1 Å². The van der Waals surface area contributed by atoms with Crippen molar-refractivity contribution in [2.24, 2.45) is 11.7 Å². The van der Waals surface area contributed by atoms with Crippen molar-refractivity contribution in [1.29, 1.82) is 0 Å². The minimum Gasteiger partial charge on any atom is -0.391 e. The van der Waals surface area contributed by atoms with E-state index in [1.54, 1.807) is 12.1 Å². The summed E-state index contributed by atoms with van der Waals surface area (Å²) in [6.07, 6.45) is 4.02. The lowest BCUT2D eigenvalue weighted by Gasteiger charge is -2.24. The molecule has 2 atom stereocenters. The van der Waals surface area contributed by atoms with Crippen molar-refractivity contribution in [2.45, 2.75) is 37.8 Å². The van der Waals surface area contributed by atoms with Gasteiger partial charge in [0.05, 0.1) is 22.2 Å². The van der Waals surface area contributed by atoms with Gasteiger partial charge in [-0.05, 0) is 36.5 Å². The van der Waals surface area contributed by atoms with Crippen LogP contribution >= 0.6 is 35.6 Å². The molecule has 1 aromatic rings.